The molecular formula is C30H44O3. The first kappa shape index (κ1) is 22.4. The van der Waals surface area contributed by atoms with E-state index in [9.17, 15) is 9.59 Å². The predicted octanol–water partition coefficient (Wildman–Crippen LogP) is 6.75. The lowest BCUT2D eigenvalue weighted by atomic mass is 9.32. The number of rotatable bonds is 0. The number of hydrogen-bond acceptors (Lipinski definition) is 3. The van der Waals surface area contributed by atoms with Crippen LogP contribution in [0.4, 0.5) is 0 Å². The van der Waals surface area contributed by atoms with E-state index in [2.05, 4.69) is 60.6 Å². The number of carbonyl (C=O) groups excluding carboxylic acids is 2. The zero-order chi connectivity index (χ0) is 23.8. The van der Waals surface area contributed by atoms with Gasteiger partial charge in [0, 0.05) is 23.2 Å². The van der Waals surface area contributed by atoms with E-state index < -0.39 is 5.60 Å². The molecule has 2 bridgehead atoms. The molecule has 3 heteroatoms. The number of esters is 1. The maximum absolute atomic E-state index is 13.6. The summed E-state index contributed by atoms with van der Waals surface area (Å²) in [5.41, 5.74) is -0.850. The van der Waals surface area contributed by atoms with E-state index in [4.69, 9.17) is 4.74 Å². The van der Waals surface area contributed by atoms with Crippen LogP contribution in [0, 0.1) is 56.7 Å². The minimum absolute atomic E-state index is 0.0648. The summed E-state index contributed by atoms with van der Waals surface area (Å²) in [6.07, 6.45) is 13.1. The van der Waals surface area contributed by atoms with Gasteiger partial charge in [0.15, 0.2) is 0 Å². The Morgan fingerprint density at radius 1 is 0.909 bits per heavy atom. The second-order valence-corrected chi connectivity index (χ2v) is 14.5. The first-order valence-electron chi connectivity index (χ1n) is 13.8. The molecule has 33 heavy (non-hydrogen) atoms. The molecular weight excluding hydrogens is 408 g/mol. The van der Waals surface area contributed by atoms with Crippen LogP contribution in [0.15, 0.2) is 12.2 Å². The van der Waals surface area contributed by atoms with Gasteiger partial charge in [-0.25, -0.2) is 0 Å². The van der Waals surface area contributed by atoms with Crippen LogP contribution in [0.3, 0.4) is 0 Å². The molecule has 6 aliphatic rings. The summed E-state index contributed by atoms with van der Waals surface area (Å²) in [6, 6.07) is 0. The summed E-state index contributed by atoms with van der Waals surface area (Å²) >= 11 is 0. The van der Waals surface area contributed by atoms with Crippen molar-refractivity contribution in [3.63, 3.8) is 0 Å². The summed E-state index contributed by atoms with van der Waals surface area (Å²) in [6.45, 7) is 16.7. The second-order valence-electron chi connectivity index (χ2n) is 14.5. The van der Waals surface area contributed by atoms with Crippen LogP contribution in [-0.4, -0.2) is 17.4 Å². The number of Topliss-reactive ketones (excluding diaryl/α,β-unsaturated/α-hetero) is 1. The minimum Gasteiger partial charge on any atom is -0.453 e. The van der Waals surface area contributed by atoms with E-state index in [1.54, 1.807) is 0 Å². The highest BCUT2D eigenvalue weighted by molar-refractivity contribution is 5.85. The molecule has 5 fully saturated rings. The molecule has 0 amide bonds. The molecule has 0 aromatic carbocycles. The average molecular weight is 453 g/mol. The number of hydrogen-bond donors (Lipinski definition) is 0. The fourth-order valence-electron chi connectivity index (χ4n) is 11.2. The molecule has 182 valence electrons. The molecule has 6 rings (SSSR count). The van der Waals surface area contributed by atoms with Gasteiger partial charge in [0.2, 0.25) is 0 Å². The van der Waals surface area contributed by atoms with Crippen LogP contribution in [0.25, 0.3) is 0 Å². The van der Waals surface area contributed by atoms with Gasteiger partial charge in [-0.15, -0.1) is 0 Å². The smallest absolute Gasteiger partial charge is 0.313 e. The molecule has 1 heterocycles. The van der Waals surface area contributed by atoms with Crippen LogP contribution in [0.1, 0.15) is 99.8 Å². The number of ketones is 1. The van der Waals surface area contributed by atoms with Gasteiger partial charge in [0.1, 0.15) is 11.4 Å². The fourth-order valence-corrected chi connectivity index (χ4v) is 11.2. The highest BCUT2D eigenvalue weighted by atomic mass is 16.6. The predicted molar refractivity (Wildman–Crippen MR) is 129 cm³/mol. The molecule has 10 atom stereocenters. The number of allylic oxidation sites excluding steroid dienone is 1. The number of carbonyl (C=O) groups is 2. The number of ether oxygens (including phenoxy) is 1. The van der Waals surface area contributed by atoms with Crippen molar-refractivity contribution in [1.82, 2.24) is 0 Å². The Labute approximate surface area is 200 Å². The van der Waals surface area contributed by atoms with E-state index in [-0.39, 0.29) is 33.0 Å². The first-order chi connectivity index (χ1) is 15.3. The van der Waals surface area contributed by atoms with Crippen LogP contribution >= 0.6 is 0 Å². The lowest BCUT2D eigenvalue weighted by molar-refractivity contribution is -0.235. The van der Waals surface area contributed by atoms with Crippen LogP contribution in [0.2, 0.25) is 0 Å². The van der Waals surface area contributed by atoms with Crippen molar-refractivity contribution >= 4 is 11.8 Å². The van der Waals surface area contributed by atoms with E-state index >= 15 is 0 Å². The van der Waals surface area contributed by atoms with Crippen molar-refractivity contribution < 1.29 is 14.3 Å². The SMILES string of the molecule is C[C@H]1[C@H](C)CC[C@@]23CC[C@]4(C)[C@@](C=C[C@@H]5[C@@]6(C)CCC(=O)C(C)(C)[C@@H]6CC[C@]54C)(OC2=O)[C@H]13. The van der Waals surface area contributed by atoms with E-state index in [0.29, 0.717) is 41.8 Å². The van der Waals surface area contributed by atoms with Gasteiger partial charge in [-0.1, -0.05) is 54.5 Å². The van der Waals surface area contributed by atoms with E-state index in [1.807, 2.05) is 0 Å². The molecule has 1 saturated heterocycles. The normalized spacial score (nSPS) is 58.6. The molecule has 0 aromatic rings. The topological polar surface area (TPSA) is 43.4 Å². The maximum atomic E-state index is 13.6. The van der Waals surface area contributed by atoms with Crippen molar-refractivity contribution in [2.24, 2.45) is 56.7 Å². The van der Waals surface area contributed by atoms with Crippen molar-refractivity contribution in [1.29, 1.82) is 0 Å². The Kier molecular flexibility index (Phi) is 4.17. The van der Waals surface area contributed by atoms with Gasteiger partial charge in [-0.3, -0.25) is 9.59 Å². The third-order valence-corrected chi connectivity index (χ3v) is 13.6. The molecule has 3 nitrogen and oxygen atoms in total. The Bertz CT molecular complexity index is 964. The first-order valence-corrected chi connectivity index (χ1v) is 13.8. The Balaban J connectivity index is 1.52. The van der Waals surface area contributed by atoms with E-state index in [0.717, 1.165) is 44.9 Å². The summed E-state index contributed by atoms with van der Waals surface area (Å²) in [4.78, 5) is 26.6. The zero-order valence-electron chi connectivity index (χ0n) is 21.9. The van der Waals surface area contributed by atoms with Gasteiger partial charge in [-0.2, -0.15) is 0 Å². The molecule has 0 radical (unpaired) electrons. The third-order valence-electron chi connectivity index (χ3n) is 13.6. The van der Waals surface area contributed by atoms with Gasteiger partial charge >= 0.3 is 5.97 Å². The highest BCUT2D eigenvalue weighted by Crippen LogP contribution is 2.79. The largest absolute Gasteiger partial charge is 0.453 e. The molecule has 1 spiro atoms. The van der Waals surface area contributed by atoms with Gasteiger partial charge < -0.3 is 4.74 Å². The minimum atomic E-state index is -0.467. The van der Waals surface area contributed by atoms with Crippen molar-refractivity contribution in [2.75, 3.05) is 0 Å². The molecule has 0 N–H and O–H groups in total. The molecule has 0 aromatic heterocycles. The molecule has 5 aliphatic carbocycles. The van der Waals surface area contributed by atoms with Crippen LogP contribution in [-0.2, 0) is 14.3 Å². The lowest BCUT2D eigenvalue weighted by Gasteiger charge is -2.71. The van der Waals surface area contributed by atoms with Crippen molar-refractivity contribution in [2.45, 2.75) is 105 Å². The Morgan fingerprint density at radius 3 is 2.36 bits per heavy atom. The monoisotopic (exact) mass is 452 g/mol. The summed E-state index contributed by atoms with van der Waals surface area (Å²) in [5, 5.41) is 0. The highest BCUT2D eigenvalue weighted by Gasteiger charge is 2.80. The number of fused-ring (bicyclic) bond motifs is 4. The maximum Gasteiger partial charge on any atom is 0.313 e. The quantitative estimate of drug-likeness (QED) is 0.302. The fraction of sp³-hybridized carbons (Fsp3) is 0.867. The van der Waals surface area contributed by atoms with Crippen LogP contribution < -0.4 is 0 Å². The zero-order valence-corrected chi connectivity index (χ0v) is 21.9. The lowest BCUT2D eigenvalue weighted by Crippen LogP contribution is -2.70. The summed E-state index contributed by atoms with van der Waals surface area (Å²) in [5.74, 6) is 2.83. The van der Waals surface area contributed by atoms with Crippen molar-refractivity contribution in [3.05, 3.63) is 12.2 Å². The van der Waals surface area contributed by atoms with E-state index in [1.165, 1.54) is 0 Å². The second kappa shape index (κ2) is 6.16. The van der Waals surface area contributed by atoms with Crippen LogP contribution in [0.5, 0.6) is 0 Å². The molecule has 1 aliphatic heterocycles. The summed E-state index contributed by atoms with van der Waals surface area (Å²) < 4.78 is 6.70. The molecule has 0 unspecified atom stereocenters. The van der Waals surface area contributed by atoms with Gasteiger partial charge in [0.25, 0.3) is 0 Å². The standard InChI is InChI=1S/C30H44O3/c1-18-8-14-29-17-16-28(7)27(6)13-9-20-25(3,4)22(31)11-12-26(20,5)21(27)10-15-30(28,33-24(29)32)23(29)19(18)2/h10,15,18-21,23H,8-9,11-14,16-17H2,1-7H3/t18-,19+,20+,21-,23-,26+,27-,28+,29+,30+/m1/s1. The summed E-state index contributed by atoms with van der Waals surface area (Å²) in [7, 11) is 0. The average Bonchev–Trinajstić information content (AvgIpc) is 2.95. The van der Waals surface area contributed by atoms with Gasteiger partial charge in [-0.05, 0) is 85.5 Å². The Morgan fingerprint density at radius 2 is 1.64 bits per heavy atom. The Hall–Kier alpha value is -1.12. The van der Waals surface area contributed by atoms with Gasteiger partial charge in [0.05, 0.1) is 5.41 Å². The molecule has 4 saturated carbocycles. The van der Waals surface area contributed by atoms with Crippen molar-refractivity contribution in [3.8, 4) is 0 Å². The third kappa shape index (κ3) is 2.17.